The summed E-state index contributed by atoms with van der Waals surface area (Å²) in [4.78, 5) is 0. The molecule has 0 spiro atoms. The molecule has 0 saturated heterocycles. The van der Waals surface area contributed by atoms with E-state index in [1.165, 1.54) is 6.07 Å². The maximum Gasteiger partial charge on any atom is 0.153 e. The van der Waals surface area contributed by atoms with Gasteiger partial charge >= 0.3 is 0 Å². The fraction of sp³-hybridized carbons (Fsp3) is 0.667. The van der Waals surface area contributed by atoms with E-state index in [-0.39, 0.29) is 13.0 Å². The third-order valence-electron chi connectivity index (χ3n) is 6.00. The first-order valence-electron chi connectivity index (χ1n) is 10.8. The van der Waals surface area contributed by atoms with E-state index >= 15 is 0 Å². The summed E-state index contributed by atoms with van der Waals surface area (Å²) >= 11 is -1.49. The molecular formula is C24H40FNO2SSi. The molecule has 0 radical (unpaired) electrons. The first-order valence-corrected chi connectivity index (χ1v) is 14.2. The van der Waals surface area contributed by atoms with Crippen molar-refractivity contribution in [2.24, 2.45) is 0 Å². The molecule has 0 aromatic heterocycles. The van der Waals surface area contributed by atoms with E-state index in [0.29, 0.717) is 22.2 Å². The maximum absolute atomic E-state index is 15.0. The molecule has 1 rings (SSSR count). The second-order valence-electron chi connectivity index (χ2n) is 9.99. The van der Waals surface area contributed by atoms with Crippen LogP contribution in [0.4, 0.5) is 4.39 Å². The lowest BCUT2D eigenvalue weighted by molar-refractivity contribution is 0.251. The van der Waals surface area contributed by atoms with Gasteiger partial charge in [-0.15, -0.1) is 10.3 Å². The lowest BCUT2D eigenvalue weighted by Gasteiger charge is -2.39. The van der Waals surface area contributed by atoms with Crippen LogP contribution in [-0.2, 0) is 16.9 Å². The van der Waals surface area contributed by atoms with Gasteiger partial charge in [0.05, 0.1) is 0 Å². The van der Waals surface area contributed by atoms with Gasteiger partial charge in [0.1, 0.15) is 18.6 Å². The second-order valence-corrected chi connectivity index (χ2v) is 17.5. The Balaban J connectivity index is 3.81. The van der Waals surface area contributed by atoms with Crippen molar-refractivity contribution in [2.45, 2.75) is 95.6 Å². The Labute approximate surface area is 187 Å². The minimum Gasteiger partial charge on any atom is -0.598 e. The van der Waals surface area contributed by atoms with Gasteiger partial charge < -0.3 is 9.66 Å². The highest BCUT2D eigenvalue weighted by atomic mass is 32.2. The zero-order valence-corrected chi connectivity index (χ0v) is 21.9. The lowest BCUT2D eigenvalue weighted by Crippen LogP contribution is -2.52. The first-order chi connectivity index (χ1) is 13.7. The van der Waals surface area contributed by atoms with E-state index in [1.807, 2.05) is 20.8 Å². The van der Waals surface area contributed by atoms with E-state index in [0.717, 1.165) is 0 Å². The fourth-order valence-corrected chi connectivity index (χ4v) is 10.5. The fourth-order valence-electron chi connectivity index (χ4n) is 4.33. The van der Waals surface area contributed by atoms with Crippen LogP contribution in [-0.4, -0.2) is 29.1 Å². The van der Waals surface area contributed by atoms with Crippen LogP contribution < -0.4 is 4.72 Å². The van der Waals surface area contributed by atoms with Crippen molar-refractivity contribution >= 4 is 19.4 Å². The average Bonchev–Trinajstić information content (AvgIpc) is 2.60. The quantitative estimate of drug-likeness (QED) is 0.303. The Morgan fingerprint density at radius 1 is 1.07 bits per heavy atom. The summed E-state index contributed by atoms with van der Waals surface area (Å²) in [7, 11) is -2.12. The van der Waals surface area contributed by atoms with E-state index in [2.05, 4.69) is 57.7 Å². The number of hydrogen-bond acceptors (Lipinski definition) is 3. The van der Waals surface area contributed by atoms with Crippen LogP contribution >= 0.6 is 0 Å². The summed E-state index contributed by atoms with van der Waals surface area (Å²) in [6, 6.07) is 6.46. The van der Waals surface area contributed by atoms with Gasteiger partial charge in [-0.1, -0.05) is 65.7 Å². The summed E-state index contributed by atoms with van der Waals surface area (Å²) in [5.41, 5.74) is 3.99. The minimum atomic E-state index is -2.12. The molecule has 0 bridgehead atoms. The zero-order valence-electron chi connectivity index (χ0n) is 20.1. The highest BCUT2D eigenvalue weighted by Crippen LogP contribution is 2.41. The number of rotatable bonds is 8. The molecule has 30 heavy (non-hydrogen) atoms. The van der Waals surface area contributed by atoms with Gasteiger partial charge in [0, 0.05) is 30.0 Å². The van der Waals surface area contributed by atoms with Crippen molar-refractivity contribution in [1.29, 1.82) is 0 Å². The van der Waals surface area contributed by atoms with E-state index in [9.17, 15) is 14.0 Å². The maximum atomic E-state index is 15.0. The smallest absolute Gasteiger partial charge is 0.153 e. The molecular weight excluding hydrogens is 413 g/mol. The van der Waals surface area contributed by atoms with E-state index in [1.54, 1.807) is 18.2 Å². The number of nitrogens with one attached hydrogen (secondary N) is 1. The standard InChI is InChI=1S/C24H40FNO2SSi/c1-18(2)30(19(3)4,20(5)6)17-15-24(14-16-27,26-29(28)23(7,8)9)21-12-10-11-13-22(21)25/h10-13,18-20,26-27H,14,16H2,1-9H3/t24-,29?/m1/s1. The number of benzene rings is 1. The molecule has 6 heteroatoms. The number of halogens is 1. The van der Waals surface area contributed by atoms with Crippen LogP contribution in [0.25, 0.3) is 0 Å². The van der Waals surface area contributed by atoms with Crippen LogP contribution in [0.1, 0.15) is 74.3 Å². The Morgan fingerprint density at radius 2 is 1.57 bits per heavy atom. The predicted octanol–water partition coefficient (Wildman–Crippen LogP) is 5.68. The number of hydrogen-bond donors (Lipinski definition) is 2. The zero-order chi connectivity index (χ0) is 23.3. The van der Waals surface area contributed by atoms with Crippen LogP contribution in [0.5, 0.6) is 0 Å². The van der Waals surface area contributed by atoms with Gasteiger partial charge in [-0.2, -0.15) is 0 Å². The summed E-state index contributed by atoms with van der Waals surface area (Å²) in [5.74, 6) is 2.97. The Hall–Kier alpha value is -0.843. The SMILES string of the molecule is CC(C)[Si](C#C[C@@](CCO)(N[S+]([O-])C(C)(C)C)c1ccccc1F)(C(C)C)C(C)C. The monoisotopic (exact) mass is 453 g/mol. The first kappa shape index (κ1) is 27.2. The molecule has 2 N–H and O–H groups in total. The van der Waals surface area contributed by atoms with Gasteiger partial charge in [0.25, 0.3) is 0 Å². The van der Waals surface area contributed by atoms with Gasteiger partial charge in [-0.3, -0.25) is 0 Å². The van der Waals surface area contributed by atoms with Crippen molar-refractivity contribution in [3.05, 3.63) is 35.6 Å². The van der Waals surface area contributed by atoms with Crippen LogP contribution in [0.3, 0.4) is 0 Å². The average molecular weight is 454 g/mol. The second kappa shape index (κ2) is 10.6. The minimum absolute atomic E-state index is 0.154. The molecule has 1 unspecified atom stereocenters. The summed E-state index contributed by atoms with van der Waals surface area (Å²) in [5, 5.41) is 9.91. The van der Waals surface area contributed by atoms with Gasteiger partial charge in [-0.05, 0) is 43.5 Å². The summed E-state index contributed by atoms with van der Waals surface area (Å²) in [6.45, 7) is 18.7. The molecule has 0 aliphatic carbocycles. The van der Waals surface area contributed by atoms with Crippen molar-refractivity contribution < 1.29 is 14.0 Å². The van der Waals surface area contributed by atoms with Crippen LogP contribution in [0.15, 0.2) is 24.3 Å². The van der Waals surface area contributed by atoms with Crippen molar-refractivity contribution in [3.8, 4) is 11.5 Å². The topological polar surface area (TPSA) is 55.3 Å². The van der Waals surface area contributed by atoms with Crippen molar-refractivity contribution in [3.63, 3.8) is 0 Å². The highest BCUT2D eigenvalue weighted by Gasteiger charge is 2.45. The number of aliphatic hydroxyl groups is 1. The van der Waals surface area contributed by atoms with Crippen LogP contribution in [0, 0.1) is 17.3 Å². The molecule has 0 heterocycles. The van der Waals surface area contributed by atoms with Crippen molar-refractivity contribution in [1.82, 2.24) is 4.72 Å². The largest absolute Gasteiger partial charge is 0.598 e. The summed E-state index contributed by atoms with van der Waals surface area (Å²) in [6.07, 6.45) is 0.154. The van der Waals surface area contributed by atoms with Gasteiger partial charge in [0.2, 0.25) is 0 Å². The molecule has 3 nitrogen and oxygen atoms in total. The van der Waals surface area contributed by atoms with E-state index < -0.39 is 35.5 Å². The summed E-state index contributed by atoms with van der Waals surface area (Å²) < 4.78 is 30.7. The third kappa shape index (κ3) is 5.89. The highest BCUT2D eigenvalue weighted by molar-refractivity contribution is 7.90. The van der Waals surface area contributed by atoms with Crippen molar-refractivity contribution in [2.75, 3.05) is 6.61 Å². The number of aliphatic hydroxyl groups excluding tert-OH is 1. The molecule has 1 aromatic carbocycles. The molecule has 0 fully saturated rings. The molecule has 2 atom stereocenters. The molecule has 0 aliphatic rings. The van der Waals surface area contributed by atoms with Crippen LogP contribution in [0.2, 0.25) is 16.6 Å². The Morgan fingerprint density at radius 3 is 1.97 bits per heavy atom. The molecule has 0 amide bonds. The Kier molecular flexibility index (Phi) is 9.65. The van der Waals surface area contributed by atoms with Gasteiger partial charge in [0.15, 0.2) is 5.54 Å². The molecule has 1 aromatic rings. The predicted molar refractivity (Wildman–Crippen MR) is 130 cm³/mol. The molecule has 0 aliphatic heterocycles. The lowest BCUT2D eigenvalue weighted by atomic mass is 9.88. The normalized spacial score (nSPS) is 15.8. The van der Waals surface area contributed by atoms with Gasteiger partial charge in [-0.25, -0.2) is 4.39 Å². The Bertz CT molecular complexity index is 730. The third-order valence-corrected chi connectivity index (χ3v) is 13.9. The molecule has 0 saturated carbocycles. The van der Waals surface area contributed by atoms with E-state index in [4.69, 9.17) is 0 Å². The molecule has 170 valence electrons.